The number of cyclic esters (lactones) is 1. The second-order valence-corrected chi connectivity index (χ2v) is 9.95. The first-order valence-electron chi connectivity index (χ1n) is 12.4. The molecule has 9 nitrogen and oxygen atoms in total. The van der Waals surface area contributed by atoms with Gasteiger partial charge in [0.05, 0.1) is 22.9 Å². The van der Waals surface area contributed by atoms with Crippen LogP contribution in [0.5, 0.6) is 0 Å². The van der Waals surface area contributed by atoms with Gasteiger partial charge in [-0.3, -0.25) is 24.4 Å². The highest BCUT2D eigenvalue weighted by molar-refractivity contribution is 5.95. The number of piperidine rings is 1. The van der Waals surface area contributed by atoms with E-state index in [-0.39, 0.29) is 29.9 Å². The van der Waals surface area contributed by atoms with E-state index in [1.807, 2.05) is 4.90 Å². The molecule has 1 unspecified atom stereocenters. The Morgan fingerprint density at radius 2 is 1.82 bits per heavy atom. The Morgan fingerprint density at radius 3 is 2.48 bits per heavy atom. The predicted molar refractivity (Wildman–Crippen MR) is 121 cm³/mol. The lowest BCUT2D eigenvalue weighted by Crippen LogP contribution is -2.45. The molecule has 3 aliphatic heterocycles. The van der Waals surface area contributed by atoms with Crippen molar-refractivity contribution in [3.8, 4) is 0 Å². The Morgan fingerprint density at radius 1 is 1.15 bits per heavy atom. The topological polar surface area (TPSA) is 116 Å². The second kappa shape index (κ2) is 10.7. The molecule has 0 radical (unpaired) electrons. The number of H-pyrrole nitrogens is 1. The van der Waals surface area contributed by atoms with E-state index >= 15 is 0 Å². The minimum Gasteiger partial charge on any atom is -0.483 e. The summed E-state index contributed by atoms with van der Waals surface area (Å²) in [4.78, 5) is 38.7. The molecule has 1 spiro atoms. The highest BCUT2D eigenvalue weighted by Gasteiger charge is 2.51. The molecule has 4 aliphatic rings. The van der Waals surface area contributed by atoms with E-state index in [9.17, 15) is 9.59 Å². The molecule has 182 valence electrons. The van der Waals surface area contributed by atoms with Gasteiger partial charge in [-0.1, -0.05) is 19.3 Å². The molecule has 1 amide bonds. The van der Waals surface area contributed by atoms with Crippen molar-refractivity contribution in [1.82, 2.24) is 20.0 Å². The summed E-state index contributed by atoms with van der Waals surface area (Å²) in [5.41, 5.74) is 1.37. The number of esters is 1. The van der Waals surface area contributed by atoms with Gasteiger partial charge < -0.3 is 14.7 Å². The van der Waals surface area contributed by atoms with Crippen molar-refractivity contribution in [2.45, 2.75) is 76.2 Å². The van der Waals surface area contributed by atoms with Crippen LogP contribution in [-0.4, -0.2) is 82.3 Å². The minimum atomic E-state index is -0.385. The van der Waals surface area contributed by atoms with Gasteiger partial charge in [-0.2, -0.15) is 5.10 Å². The Balaban J connectivity index is 0.000000821. The molecule has 0 bridgehead atoms. The summed E-state index contributed by atoms with van der Waals surface area (Å²) in [6.45, 7) is 4.12. The number of likely N-dealkylation sites (tertiary alicyclic amines) is 2. The van der Waals surface area contributed by atoms with Crippen molar-refractivity contribution in [2.24, 2.45) is 5.41 Å². The number of amides is 1. The van der Waals surface area contributed by atoms with Gasteiger partial charge in [0, 0.05) is 32.0 Å². The molecular formula is C24H36N4O5. The van der Waals surface area contributed by atoms with Crippen LogP contribution in [0.2, 0.25) is 0 Å². The van der Waals surface area contributed by atoms with Crippen molar-refractivity contribution in [2.75, 3.05) is 32.7 Å². The fourth-order valence-corrected chi connectivity index (χ4v) is 6.08. The zero-order valence-corrected chi connectivity index (χ0v) is 19.3. The van der Waals surface area contributed by atoms with Crippen molar-refractivity contribution < 1.29 is 24.2 Å². The Labute approximate surface area is 194 Å². The Kier molecular flexibility index (Phi) is 7.67. The van der Waals surface area contributed by atoms with E-state index in [4.69, 9.17) is 14.6 Å². The highest BCUT2D eigenvalue weighted by Crippen LogP contribution is 2.44. The number of hydrogen-bond donors (Lipinski definition) is 2. The van der Waals surface area contributed by atoms with Crippen molar-refractivity contribution in [3.05, 3.63) is 17.5 Å². The summed E-state index contributed by atoms with van der Waals surface area (Å²) in [5, 5.41) is 14.2. The SMILES string of the molecule is O=C(c1cn[nH]c1C1CCCCC1)N1CCC2(CC1)CC(CN1CCCC1)OC2=O.O=CO. The van der Waals surface area contributed by atoms with Gasteiger partial charge >= 0.3 is 5.97 Å². The molecule has 5 rings (SSSR count). The Bertz CT molecular complexity index is 821. The van der Waals surface area contributed by atoms with E-state index in [2.05, 4.69) is 15.1 Å². The van der Waals surface area contributed by atoms with Gasteiger partial charge in [-0.05, 0) is 51.6 Å². The van der Waals surface area contributed by atoms with Gasteiger partial charge in [0.2, 0.25) is 0 Å². The van der Waals surface area contributed by atoms with Gasteiger partial charge in [0.15, 0.2) is 0 Å². The molecule has 4 fully saturated rings. The van der Waals surface area contributed by atoms with Crippen LogP contribution in [0.25, 0.3) is 0 Å². The molecule has 3 saturated heterocycles. The molecule has 9 heteroatoms. The maximum absolute atomic E-state index is 13.2. The zero-order valence-electron chi connectivity index (χ0n) is 19.3. The van der Waals surface area contributed by atoms with Crippen molar-refractivity contribution in [1.29, 1.82) is 0 Å². The molecule has 33 heavy (non-hydrogen) atoms. The first-order chi connectivity index (χ1) is 16.1. The summed E-state index contributed by atoms with van der Waals surface area (Å²) in [6, 6.07) is 0. The van der Waals surface area contributed by atoms with E-state index in [1.165, 1.54) is 32.1 Å². The molecule has 1 aromatic heterocycles. The van der Waals surface area contributed by atoms with Crippen LogP contribution in [0.1, 0.15) is 86.2 Å². The maximum atomic E-state index is 13.2. The van der Waals surface area contributed by atoms with Crippen LogP contribution in [0, 0.1) is 5.41 Å². The predicted octanol–water partition coefficient (Wildman–Crippen LogP) is 2.79. The molecule has 1 saturated carbocycles. The van der Waals surface area contributed by atoms with E-state index < -0.39 is 0 Å². The lowest BCUT2D eigenvalue weighted by atomic mass is 9.76. The number of ether oxygens (including phenoxy) is 1. The van der Waals surface area contributed by atoms with Crippen molar-refractivity contribution >= 4 is 18.3 Å². The van der Waals surface area contributed by atoms with Gasteiger partial charge in [0.1, 0.15) is 6.10 Å². The third kappa shape index (κ3) is 5.23. The molecular weight excluding hydrogens is 424 g/mol. The number of nitrogens with zero attached hydrogens (tertiary/aromatic N) is 3. The third-order valence-electron chi connectivity index (χ3n) is 7.91. The average molecular weight is 461 g/mol. The summed E-state index contributed by atoms with van der Waals surface area (Å²) >= 11 is 0. The quantitative estimate of drug-likeness (QED) is 0.524. The molecule has 1 atom stereocenters. The summed E-state index contributed by atoms with van der Waals surface area (Å²) < 4.78 is 5.78. The fraction of sp³-hybridized carbons (Fsp3) is 0.750. The van der Waals surface area contributed by atoms with E-state index in [1.54, 1.807) is 6.20 Å². The van der Waals surface area contributed by atoms with Crippen LogP contribution in [0.15, 0.2) is 6.20 Å². The Hall–Kier alpha value is -2.42. The average Bonchev–Trinajstić information content (AvgIpc) is 3.57. The van der Waals surface area contributed by atoms with Crippen LogP contribution in [0.4, 0.5) is 0 Å². The smallest absolute Gasteiger partial charge is 0.312 e. The molecule has 1 aliphatic carbocycles. The fourth-order valence-electron chi connectivity index (χ4n) is 6.08. The van der Waals surface area contributed by atoms with Gasteiger partial charge in [-0.15, -0.1) is 0 Å². The molecule has 4 heterocycles. The lowest BCUT2D eigenvalue weighted by molar-refractivity contribution is -0.151. The van der Waals surface area contributed by atoms with Gasteiger partial charge in [0.25, 0.3) is 12.4 Å². The number of rotatable bonds is 4. The maximum Gasteiger partial charge on any atom is 0.312 e. The lowest BCUT2D eigenvalue weighted by Gasteiger charge is -2.36. The van der Waals surface area contributed by atoms with E-state index in [0.29, 0.717) is 31.8 Å². The number of aromatic nitrogens is 2. The summed E-state index contributed by atoms with van der Waals surface area (Å²) in [6.07, 6.45) is 12.5. The monoisotopic (exact) mass is 460 g/mol. The van der Waals surface area contributed by atoms with Crippen LogP contribution >= 0.6 is 0 Å². The van der Waals surface area contributed by atoms with Crippen LogP contribution in [0.3, 0.4) is 0 Å². The summed E-state index contributed by atoms with van der Waals surface area (Å²) in [5.74, 6) is 0.455. The number of carbonyl (C=O) groups excluding carboxylic acids is 2. The molecule has 0 aromatic carbocycles. The normalized spacial score (nSPS) is 25.5. The van der Waals surface area contributed by atoms with Crippen LogP contribution < -0.4 is 0 Å². The minimum absolute atomic E-state index is 0.0182. The van der Waals surface area contributed by atoms with Crippen LogP contribution in [-0.2, 0) is 14.3 Å². The first kappa shape index (κ1) is 23.7. The number of carboxylic acid groups (broad SMARTS) is 1. The highest BCUT2D eigenvalue weighted by atomic mass is 16.6. The number of hydrogen-bond acceptors (Lipinski definition) is 6. The molecule has 2 N–H and O–H groups in total. The van der Waals surface area contributed by atoms with Crippen molar-refractivity contribution in [3.63, 3.8) is 0 Å². The van der Waals surface area contributed by atoms with Gasteiger partial charge in [-0.25, -0.2) is 0 Å². The zero-order chi connectivity index (χ0) is 23.3. The first-order valence-corrected chi connectivity index (χ1v) is 12.4. The second-order valence-electron chi connectivity index (χ2n) is 9.95. The number of aromatic amines is 1. The van der Waals surface area contributed by atoms with E-state index in [0.717, 1.165) is 50.2 Å². The number of carbonyl (C=O) groups is 3. The number of nitrogens with one attached hydrogen (secondary N) is 1. The third-order valence-corrected chi connectivity index (χ3v) is 7.91. The standard InChI is InChI=1S/C23H34N4O3.CH2O2/c28-21(19-15-24-25-20(19)17-6-2-1-3-7-17)27-12-8-23(9-13-27)14-18(30-22(23)29)16-26-10-4-5-11-26;2-1-3/h15,17-18H,1-14,16H2,(H,24,25);1H,(H,2,3). The largest absolute Gasteiger partial charge is 0.483 e. The molecule has 1 aromatic rings. The summed E-state index contributed by atoms with van der Waals surface area (Å²) in [7, 11) is 0.